The maximum Gasteiger partial charge on any atom is 0.436 e. The largest absolute Gasteiger partial charge is 0.436 e. The summed E-state index contributed by atoms with van der Waals surface area (Å²) in [5.74, 6) is -1.53. The number of amides is 1. The van der Waals surface area contributed by atoms with Crippen LogP contribution in [0.5, 0.6) is 0 Å². The molecule has 2 rings (SSSR count). The van der Waals surface area contributed by atoms with E-state index in [-0.39, 0.29) is 11.9 Å². The highest BCUT2D eigenvalue weighted by molar-refractivity contribution is 5.98. The third-order valence-corrected chi connectivity index (χ3v) is 3.12. The van der Waals surface area contributed by atoms with Gasteiger partial charge in [0, 0.05) is 0 Å². The number of halogens is 3. The van der Waals surface area contributed by atoms with Gasteiger partial charge in [-0.15, -0.1) is 0 Å². The Morgan fingerprint density at radius 2 is 1.95 bits per heavy atom. The molecule has 0 aromatic carbocycles. The zero-order valence-electron chi connectivity index (χ0n) is 10.00. The van der Waals surface area contributed by atoms with Gasteiger partial charge in [0.1, 0.15) is 11.4 Å². The molecule has 0 aliphatic carbocycles. The number of nitrogens with zero attached hydrogens (tertiary/aromatic N) is 2. The molecule has 1 aliphatic heterocycles. The van der Waals surface area contributed by atoms with Crippen molar-refractivity contribution in [1.29, 1.82) is 0 Å². The molecule has 106 valence electrons. The minimum absolute atomic E-state index is 0.254. The van der Waals surface area contributed by atoms with Crippen molar-refractivity contribution in [2.24, 2.45) is 5.73 Å². The number of aromatic nitrogens is 2. The number of nitrogens with two attached hydrogens (primary N) is 2. The van der Waals surface area contributed by atoms with Crippen LogP contribution in [0.15, 0.2) is 0 Å². The normalized spacial score (nSPS) is 17.6. The van der Waals surface area contributed by atoms with E-state index < -0.39 is 23.3 Å². The number of rotatable bonds is 2. The first-order chi connectivity index (χ1) is 8.82. The van der Waals surface area contributed by atoms with Gasteiger partial charge in [-0.05, 0) is 25.9 Å². The SMILES string of the molecule is NC(=O)c1c(C(F)(F)F)nn(C2CCNCC2)c1N. The highest BCUT2D eigenvalue weighted by atomic mass is 19.4. The average Bonchev–Trinajstić information content (AvgIpc) is 2.68. The van der Waals surface area contributed by atoms with Gasteiger partial charge >= 0.3 is 6.18 Å². The summed E-state index contributed by atoms with van der Waals surface area (Å²) in [5.41, 5.74) is 8.53. The number of hydrogen-bond acceptors (Lipinski definition) is 4. The number of nitrogens with one attached hydrogen (secondary N) is 1. The highest BCUT2D eigenvalue weighted by Gasteiger charge is 2.41. The van der Waals surface area contributed by atoms with Crippen LogP contribution in [0.25, 0.3) is 0 Å². The number of primary amides is 1. The molecule has 0 radical (unpaired) electrons. The maximum absolute atomic E-state index is 12.8. The van der Waals surface area contributed by atoms with E-state index in [4.69, 9.17) is 11.5 Å². The van der Waals surface area contributed by atoms with Crippen molar-refractivity contribution in [1.82, 2.24) is 15.1 Å². The summed E-state index contributed by atoms with van der Waals surface area (Å²) in [4.78, 5) is 11.2. The van der Waals surface area contributed by atoms with E-state index in [1.807, 2.05) is 0 Å². The molecule has 0 spiro atoms. The third kappa shape index (κ3) is 2.50. The summed E-state index contributed by atoms with van der Waals surface area (Å²) >= 11 is 0. The minimum atomic E-state index is -4.75. The molecule has 2 heterocycles. The summed E-state index contributed by atoms with van der Waals surface area (Å²) in [6.45, 7) is 1.33. The fourth-order valence-electron chi connectivity index (χ4n) is 2.22. The summed E-state index contributed by atoms with van der Waals surface area (Å²) in [7, 11) is 0. The van der Waals surface area contributed by atoms with Crippen molar-refractivity contribution < 1.29 is 18.0 Å². The van der Waals surface area contributed by atoms with E-state index in [2.05, 4.69) is 10.4 Å². The minimum Gasteiger partial charge on any atom is -0.383 e. The zero-order chi connectivity index (χ0) is 14.2. The highest BCUT2D eigenvalue weighted by Crippen LogP contribution is 2.35. The Bertz CT molecular complexity index is 490. The van der Waals surface area contributed by atoms with Crippen LogP contribution in [0.4, 0.5) is 19.0 Å². The maximum atomic E-state index is 12.8. The molecular formula is C10H14F3N5O. The van der Waals surface area contributed by atoms with E-state index in [1.54, 1.807) is 0 Å². The number of carbonyl (C=O) groups excluding carboxylic acids is 1. The van der Waals surface area contributed by atoms with Crippen molar-refractivity contribution in [3.8, 4) is 0 Å². The van der Waals surface area contributed by atoms with Crippen LogP contribution < -0.4 is 16.8 Å². The Hall–Kier alpha value is -1.77. The Morgan fingerprint density at radius 1 is 1.37 bits per heavy atom. The molecule has 0 bridgehead atoms. The van der Waals surface area contributed by atoms with Crippen molar-refractivity contribution in [3.05, 3.63) is 11.3 Å². The van der Waals surface area contributed by atoms with Crippen LogP contribution in [0.1, 0.15) is 34.9 Å². The molecule has 1 aromatic rings. The van der Waals surface area contributed by atoms with Crippen LogP contribution >= 0.6 is 0 Å². The predicted molar refractivity (Wildman–Crippen MR) is 61.3 cm³/mol. The standard InChI is InChI=1S/C10H14F3N5O/c11-10(12,13)7-6(9(15)19)8(14)18(17-7)5-1-3-16-4-2-5/h5,16H,1-4,14H2,(H2,15,19). The molecule has 19 heavy (non-hydrogen) atoms. The Kier molecular flexibility index (Phi) is 3.40. The first-order valence-electron chi connectivity index (χ1n) is 5.78. The van der Waals surface area contributed by atoms with E-state index in [1.165, 1.54) is 0 Å². The number of anilines is 1. The second kappa shape index (κ2) is 4.72. The van der Waals surface area contributed by atoms with Gasteiger partial charge in [-0.1, -0.05) is 0 Å². The lowest BCUT2D eigenvalue weighted by Gasteiger charge is -2.23. The van der Waals surface area contributed by atoms with Crippen LogP contribution in [0.2, 0.25) is 0 Å². The van der Waals surface area contributed by atoms with Gasteiger partial charge in [-0.25, -0.2) is 4.68 Å². The summed E-state index contributed by atoms with van der Waals surface area (Å²) < 4.78 is 39.5. The number of carbonyl (C=O) groups is 1. The smallest absolute Gasteiger partial charge is 0.383 e. The van der Waals surface area contributed by atoms with Gasteiger partial charge < -0.3 is 16.8 Å². The lowest BCUT2D eigenvalue weighted by Crippen LogP contribution is -2.30. The van der Waals surface area contributed by atoms with Gasteiger partial charge in [0.15, 0.2) is 5.69 Å². The van der Waals surface area contributed by atoms with Crippen LogP contribution in [0, 0.1) is 0 Å². The van der Waals surface area contributed by atoms with Gasteiger partial charge in [-0.2, -0.15) is 18.3 Å². The van der Waals surface area contributed by atoms with Gasteiger partial charge in [0.05, 0.1) is 6.04 Å². The fraction of sp³-hybridized carbons (Fsp3) is 0.600. The fourth-order valence-corrected chi connectivity index (χ4v) is 2.22. The first-order valence-corrected chi connectivity index (χ1v) is 5.78. The molecule has 0 atom stereocenters. The van der Waals surface area contributed by atoms with Crippen LogP contribution in [-0.4, -0.2) is 28.8 Å². The third-order valence-electron chi connectivity index (χ3n) is 3.12. The number of nitrogen functional groups attached to an aromatic ring is 1. The van der Waals surface area contributed by atoms with Crippen molar-refractivity contribution in [3.63, 3.8) is 0 Å². The van der Waals surface area contributed by atoms with Gasteiger partial charge in [0.2, 0.25) is 0 Å². The molecular weight excluding hydrogens is 263 g/mol. The van der Waals surface area contributed by atoms with Crippen molar-refractivity contribution >= 4 is 11.7 Å². The molecule has 0 unspecified atom stereocenters. The molecule has 1 saturated heterocycles. The summed E-state index contributed by atoms with van der Waals surface area (Å²) in [5, 5.41) is 6.55. The molecule has 6 nitrogen and oxygen atoms in total. The molecule has 1 amide bonds. The summed E-state index contributed by atoms with van der Waals surface area (Å²) in [6.07, 6.45) is -3.56. The number of piperidine rings is 1. The zero-order valence-corrected chi connectivity index (χ0v) is 10.00. The molecule has 1 aromatic heterocycles. The molecule has 9 heteroatoms. The van der Waals surface area contributed by atoms with Crippen LogP contribution in [-0.2, 0) is 6.18 Å². The Balaban J connectivity index is 2.48. The average molecular weight is 277 g/mol. The quantitative estimate of drug-likeness (QED) is 0.733. The molecule has 1 aliphatic rings. The van der Waals surface area contributed by atoms with E-state index in [0.29, 0.717) is 25.9 Å². The van der Waals surface area contributed by atoms with E-state index in [0.717, 1.165) is 4.68 Å². The van der Waals surface area contributed by atoms with Crippen molar-refractivity contribution in [2.45, 2.75) is 25.1 Å². The molecule has 1 fully saturated rings. The topological polar surface area (TPSA) is 99.0 Å². The van der Waals surface area contributed by atoms with Gasteiger partial charge in [-0.3, -0.25) is 4.79 Å². The predicted octanol–water partition coefficient (Wildman–Crippen LogP) is 0.508. The molecule has 0 saturated carbocycles. The van der Waals surface area contributed by atoms with E-state index >= 15 is 0 Å². The Labute approximate surface area is 106 Å². The van der Waals surface area contributed by atoms with Crippen LogP contribution in [0.3, 0.4) is 0 Å². The number of alkyl halides is 3. The monoisotopic (exact) mass is 277 g/mol. The second-order valence-corrected chi connectivity index (χ2v) is 4.40. The number of hydrogen-bond donors (Lipinski definition) is 3. The lowest BCUT2D eigenvalue weighted by atomic mass is 10.1. The van der Waals surface area contributed by atoms with Crippen molar-refractivity contribution in [2.75, 3.05) is 18.8 Å². The molecule has 5 N–H and O–H groups in total. The lowest BCUT2D eigenvalue weighted by molar-refractivity contribution is -0.141. The first kappa shape index (κ1) is 13.7. The summed E-state index contributed by atoms with van der Waals surface area (Å²) in [6, 6.07) is -0.254. The van der Waals surface area contributed by atoms with E-state index in [9.17, 15) is 18.0 Å². The van der Waals surface area contributed by atoms with Gasteiger partial charge in [0.25, 0.3) is 5.91 Å². The second-order valence-electron chi connectivity index (χ2n) is 4.40. The Morgan fingerprint density at radius 3 is 2.37 bits per heavy atom.